The maximum Gasteiger partial charge on any atom is 0.0684 e. The number of anilines is 1. The summed E-state index contributed by atoms with van der Waals surface area (Å²) in [6.07, 6.45) is 0. The average Bonchev–Trinajstić information content (AvgIpc) is 2.84. The molecule has 0 saturated carbocycles. The van der Waals surface area contributed by atoms with Crippen molar-refractivity contribution in [3.05, 3.63) is 41.0 Å². The van der Waals surface area contributed by atoms with Crippen LogP contribution in [0.25, 0.3) is 21.8 Å². The molecule has 1 heterocycles. The molecule has 0 spiro atoms. The molecule has 3 aromatic rings. The Morgan fingerprint density at radius 2 is 1.86 bits per heavy atom. The molecule has 0 amide bonds. The highest BCUT2D eigenvalue weighted by molar-refractivity contribution is 6.12. The molecular weight excluding hydrogens is 272 g/mol. The van der Waals surface area contributed by atoms with E-state index in [0.29, 0.717) is 0 Å². The van der Waals surface area contributed by atoms with Gasteiger partial charge >= 0.3 is 0 Å². The molecule has 3 rings (SSSR count). The van der Waals surface area contributed by atoms with Crippen molar-refractivity contribution < 1.29 is 5.11 Å². The number of hydrogen-bond donors (Lipinski definition) is 1. The summed E-state index contributed by atoms with van der Waals surface area (Å²) < 4.78 is 2.38. The van der Waals surface area contributed by atoms with Crippen LogP contribution in [0.15, 0.2) is 24.3 Å². The lowest BCUT2D eigenvalue weighted by molar-refractivity contribution is 0.281. The number of rotatable bonds is 3. The number of aliphatic hydroxyl groups is 1. The minimum atomic E-state index is 0.0920. The second-order valence-electron chi connectivity index (χ2n) is 6.20. The van der Waals surface area contributed by atoms with Crippen molar-refractivity contribution in [3.8, 4) is 0 Å². The summed E-state index contributed by atoms with van der Waals surface area (Å²) in [5.74, 6) is 0. The Morgan fingerprint density at radius 3 is 2.45 bits per heavy atom. The van der Waals surface area contributed by atoms with E-state index in [1.807, 2.05) is 0 Å². The summed E-state index contributed by atoms with van der Waals surface area (Å²) in [5.41, 5.74) is 7.21. The topological polar surface area (TPSA) is 28.4 Å². The molecule has 2 aromatic carbocycles. The highest BCUT2D eigenvalue weighted by Gasteiger charge is 2.16. The van der Waals surface area contributed by atoms with Crippen LogP contribution in [-0.2, 0) is 13.2 Å². The van der Waals surface area contributed by atoms with Crippen LogP contribution in [0.1, 0.15) is 23.6 Å². The highest BCUT2D eigenvalue weighted by atomic mass is 16.3. The molecule has 0 aliphatic heterocycles. The van der Waals surface area contributed by atoms with E-state index in [4.69, 9.17) is 0 Å². The van der Waals surface area contributed by atoms with Crippen molar-refractivity contribution in [1.82, 2.24) is 4.57 Å². The Labute approximate surface area is 131 Å². The monoisotopic (exact) mass is 296 g/mol. The minimum Gasteiger partial charge on any atom is -0.392 e. The Balaban J connectivity index is 2.55. The standard InChI is InChI=1S/C19H24N2O/c1-6-21-17-8-7-15(20(4)5)10-16(17)18-13(3)14(11-22)9-12(2)19(18)21/h7-10,22H,6,11H2,1-5H3. The van der Waals surface area contributed by atoms with E-state index in [1.54, 1.807) is 0 Å². The molecule has 3 nitrogen and oxygen atoms in total. The largest absolute Gasteiger partial charge is 0.392 e. The molecule has 116 valence electrons. The third-order valence-corrected chi connectivity index (χ3v) is 4.67. The van der Waals surface area contributed by atoms with Crippen LogP contribution in [0, 0.1) is 13.8 Å². The molecule has 0 radical (unpaired) electrons. The third kappa shape index (κ3) is 2.00. The maximum absolute atomic E-state index is 9.67. The molecule has 1 N–H and O–H groups in total. The first-order chi connectivity index (χ1) is 10.5. The van der Waals surface area contributed by atoms with Gasteiger partial charge in [0.1, 0.15) is 0 Å². The predicted molar refractivity (Wildman–Crippen MR) is 94.8 cm³/mol. The fourth-order valence-electron chi connectivity index (χ4n) is 3.50. The molecule has 0 bridgehead atoms. The molecule has 0 saturated heterocycles. The molecule has 22 heavy (non-hydrogen) atoms. The van der Waals surface area contributed by atoms with Crippen LogP contribution >= 0.6 is 0 Å². The smallest absolute Gasteiger partial charge is 0.0684 e. The number of benzene rings is 2. The summed E-state index contributed by atoms with van der Waals surface area (Å²) in [4.78, 5) is 2.13. The zero-order chi connectivity index (χ0) is 16.0. The van der Waals surface area contributed by atoms with E-state index in [1.165, 1.54) is 38.6 Å². The molecule has 0 atom stereocenters. The van der Waals surface area contributed by atoms with Crippen molar-refractivity contribution in [2.24, 2.45) is 0 Å². The third-order valence-electron chi connectivity index (χ3n) is 4.67. The van der Waals surface area contributed by atoms with Crippen molar-refractivity contribution in [2.45, 2.75) is 33.9 Å². The van der Waals surface area contributed by atoms with Crippen LogP contribution in [0.5, 0.6) is 0 Å². The lowest BCUT2D eigenvalue weighted by atomic mass is 9.99. The Morgan fingerprint density at radius 1 is 1.14 bits per heavy atom. The van der Waals surface area contributed by atoms with Gasteiger partial charge < -0.3 is 14.6 Å². The zero-order valence-corrected chi connectivity index (χ0v) is 14.1. The lowest BCUT2D eigenvalue weighted by Crippen LogP contribution is -2.08. The van der Waals surface area contributed by atoms with Gasteiger partial charge in [-0.15, -0.1) is 0 Å². The Kier molecular flexibility index (Phi) is 3.61. The first kappa shape index (κ1) is 14.9. The van der Waals surface area contributed by atoms with Gasteiger partial charge in [-0.1, -0.05) is 6.07 Å². The molecule has 0 fully saturated rings. The predicted octanol–water partition coefficient (Wildman–Crippen LogP) is 3.99. The van der Waals surface area contributed by atoms with Gasteiger partial charge in [-0.2, -0.15) is 0 Å². The Hall–Kier alpha value is -2.00. The second kappa shape index (κ2) is 5.33. The van der Waals surface area contributed by atoms with Gasteiger partial charge in [0.15, 0.2) is 0 Å². The van der Waals surface area contributed by atoms with Gasteiger partial charge in [0.2, 0.25) is 0 Å². The van der Waals surface area contributed by atoms with Gasteiger partial charge in [-0.05, 0) is 55.7 Å². The molecule has 1 aromatic heterocycles. The van der Waals surface area contributed by atoms with Crippen LogP contribution in [0.4, 0.5) is 5.69 Å². The summed E-state index contributed by atoms with van der Waals surface area (Å²) in [6, 6.07) is 8.77. The van der Waals surface area contributed by atoms with Crippen LogP contribution in [-0.4, -0.2) is 23.8 Å². The van der Waals surface area contributed by atoms with E-state index < -0.39 is 0 Å². The number of aliphatic hydroxyl groups excluding tert-OH is 1. The lowest BCUT2D eigenvalue weighted by Gasteiger charge is -2.12. The summed E-state index contributed by atoms with van der Waals surface area (Å²) >= 11 is 0. The zero-order valence-electron chi connectivity index (χ0n) is 14.1. The molecular formula is C19H24N2O. The van der Waals surface area contributed by atoms with Crippen molar-refractivity contribution in [2.75, 3.05) is 19.0 Å². The van der Waals surface area contributed by atoms with Crippen LogP contribution in [0.2, 0.25) is 0 Å². The number of aryl methyl sites for hydroxylation is 3. The highest BCUT2D eigenvalue weighted by Crippen LogP contribution is 2.36. The maximum atomic E-state index is 9.67. The number of aromatic nitrogens is 1. The summed E-state index contributed by atoms with van der Waals surface area (Å²) in [6.45, 7) is 7.48. The van der Waals surface area contributed by atoms with Gasteiger partial charge in [0.05, 0.1) is 12.1 Å². The normalized spacial score (nSPS) is 11.5. The fourth-order valence-corrected chi connectivity index (χ4v) is 3.50. The second-order valence-corrected chi connectivity index (χ2v) is 6.20. The molecule has 0 aliphatic carbocycles. The number of hydrogen-bond acceptors (Lipinski definition) is 2. The molecule has 0 unspecified atom stereocenters. The van der Waals surface area contributed by atoms with Gasteiger partial charge in [-0.25, -0.2) is 0 Å². The SMILES string of the molecule is CCn1c2ccc(N(C)C)cc2c2c(C)c(CO)cc(C)c21. The average molecular weight is 296 g/mol. The minimum absolute atomic E-state index is 0.0920. The van der Waals surface area contributed by atoms with Gasteiger partial charge in [0, 0.05) is 42.6 Å². The van der Waals surface area contributed by atoms with E-state index in [9.17, 15) is 5.11 Å². The Bertz CT molecular complexity index is 859. The summed E-state index contributed by atoms with van der Waals surface area (Å²) in [7, 11) is 4.13. The first-order valence-corrected chi connectivity index (χ1v) is 7.82. The quantitative estimate of drug-likeness (QED) is 0.791. The van der Waals surface area contributed by atoms with E-state index in [2.05, 4.69) is 68.6 Å². The van der Waals surface area contributed by atoms with E-state index >= 15 is 0 Å². The fraction of sp³-hybridized carbons (Fsp3) is 0.368. The van der Waals surface area contributed by atoms with Crippen LogP contribution < -0.4 is 4.90 Å². The van der Waals surface area contributed by atoms with Crippen molar-refractivity contribution in [1.29, 1.82) is 0 Å². The number of nitrogens with zero attached hydrogens (tertiary/aromatic N) is 2. The molecule has 0 aliphatic rings. The van der Waals surface area contributed by atoms with Crippen molar-refractivity contribution in [3.63, 3.8) is 0 Å². The van der Waals surface area contributed by atoms with E-state index in [-0.39, 0.29) is 6.61 Å². The van der Waals surface area contributed by atoms with Gasteiger partial charge in [0.25, 0.3) is 0 Å². The van der Waals surface area contributed by atoms with Crippen molar-refractivity contribution >= 4 is 27.5 Å². The van der Waals surface area contributed by atoms with Gasteiger partial charge in [-0.3, -0.25) is 0 Å². The first-order valence-electron chi connectivity index (χ1n) is 7.82. The number of fused-ring (bicyclic) bond motifs is 3. The van der Waals surface area contributed by atoms with E-state index in [0.717, 1.165) is 12.1 Å². The van der Waals surface area contributed by atoms with Crippen LogP contribution in [0.3, 0.4) is 0 Å². The summed E-state index contributed by atoms with van der Waals surface area (Å²) in [5, 5.41) is 12.2. The molecule has 3 heteroatoms.